The van der Waals surface area contributed by atoms with E-state index < -0.39 is 0 Å². The van der Waals surface area contributed by atoms with Crippen LogP contribution in [-0.2, 0) is 13.7 Å². The second kappa shape index (κ2) is 4.16. The number of hydrogen-bond acceptors (Lipinski definition) is 4. The quantitative estimate of drug-likeness (QED) is 0.518. The van der Waals surface area contributed by atoms with Crippen molar-refractivity contribution in [2.24, 2.45) is 7.05 Å². The summed E-state index contributed by atoms with van der Waals surface area (Å²) in [7, 11) is 3.69. The molecular weight excluding hydrogens is 186 g/mol. The monoisotopic (exact) mass is 197 g/mol. The van der Waals surface area contributed by atoms with Gasteiger partial charge in [-0.2, -0.15) is 10.4 Å². The van der Waals surface area contributed by atoms with Crippen molar-refractivity contribution >= 4 is 12.2 Å². The highest BCUT2D eigenvalue weighted by atomic mass is 32.1. The lowest BCUT2D eigenvalue weighted by atomic mass is 10.6. The molecule has 0 atom stereocenters. The zero-order chi connectivity index (χ0) is 9.84. The number of aryl methyl sites for hydroxylation is 1. The summed E-state index contributed by atoms with van der Waals surface area (Å²) >= 11 is 5.08. The summed E-state index contributed by atoms with van der Waals surface area (Å²) in [4.78, 5) is 1.84. The number of rotatable bonds is 3. The van der Waals surface area contributed by atoms with Crippen molar-refractivity contribution in [3.05, 3.63) is 11.1 Å². The van der Waals surface area contributed by atoms with E-state index in [1.807, 2.05) is 19.0 Å². The first-order valence-electron chi connectivity index (χ1n) is 3.79. The number of nitriles is 1. The Morgan fingerprint density at radius 3 is 2.92 bits per heavy atom. The molecule has 0 spiro atoms. The Kier molecular flexibility index (Phi) is 3.17. The second-order valence-electron chi connectivity index (χ2n) is 2.84. The Morgan fingerprint density at radius 2 is 2.46 bits per heavy atom. The Balaban J connectivity index is 2.70. The summed E-state index contributed by atoms with van der Waals surface area (Å²) < 4.78 is 4.09. The van der Waals surface area contributed by atoms with Gasteiger partial charge in [-0.15, -0.1) is 0 Å². The Hall–Kier alpha value is -1.19. The van der Waals surface area contributed by atoms with E-state index in [-0.39, 0.29) is 0 Å². The van der Waals surface area contributed by atoms with Crippen LogP contribution in [0.2, 0.25) is 0 Å². The zero-order valence-corrected chi connectivity index (χ0v) is 8.45. The maximum Gasteiger partial charge on any atom is 0.198 e. The van der Waals surface area contributed by atoms with Gasteiger partial charge in [0.15, 0.2) is 4.77 Å². The van der Waals surface area contributed by atoms with Gasteiger partial charge in [-0.25, -0.2) is 4.68 Å². The van der Waals surface area contributed by atoms with Crippen LogP contribution in [0.1, 0.15) is 0 Å². The summed E-state index contributed by atoms with van der Waals surface area (Å²) in [5.74, 6) is 0. The molecule has 13 heavy (non-hydrogen) atoms. The summed E-state index contributed by atoms with van der Waals surface area (Å²) in [5.41, 5.74) is 0. The Morgan fingerprint density at radius 1 is 1.77 bits per heavy atom. The van der Waals surface area contributed by atoms with Crippen molar-refractivity contribution in [2.45, 2.75) is 6.67 Å². The molecule has 0 N–H and O–H groups in total. The van der Waals surface area contributed by atoms with Gasteiger partial charge in [0.1, 0.15) is 6.33 Å². The van der Waals surface area contributed by atoms with Crippen molar-refractivity contribution in [3.63, 3.8) is 0 Å². The van der Waals surface area contributed by atoms with Gasteiger partial charge in [0.05, 0.1) is 19.3 Å². The van der Waals surface area contributed by atoms with Crippen LogP contribution < -0.4 is 0 Å². The minimum Gasteiger partial charge on any atom is -0.310 e. The number of hydrogen-bond donors (Lipinski definition) is 0. The molecule has 0 aliphatic heterocycles. The van der Waals surface area contributed by atoms with Gasteiger partial charge < -0.3 is 4.57 Å². The van der Waals surface area contributed by atoms with Crippen molar-refractivity contribution in [3.8, 4) is 6.07 Å². The largest absolute Gasteiger partial charge is 0.310 e. The first-order valence-corrected chi connectivity index (χ1v) is 4.20. The van der Waals surface area contributed by atoms with Crippen molar-refractivity contribution in [1.82, 2.24) is 19.2 Å². The van der Waals surface area contributed by atoms with Gasteiger partial charge in [0.2, 0.25) is 0 Å². The highest BCUT2D eigenvalue weighted by Crippen LogP contribution is 1.92. The van der Waals surface area contributed by atoms with E-state index >= 15 is 0 Å². The first kappa shape index (κ1) is 9.89. The zero-order valence-electron chi connectivity index (χ0n) is 7.64. The third-order valence-corrected chi connectivity index (χ3v) is 2.10. The normalized spacial score (nSPS) is 10.3. The SMILES string of the molecule is CN(CC#N)Cn1ncn(C)c1=S. The van der Waals surface area contributed by atoms with Gasteiger partial charge in [-0.05, 0) is 19.3 Å². The minimum absolute atomic E-state index is 0.373. The molecule has 0 fully saturated rings. The van der Waals surface area contributed by atoms with E-state index in [0.29, 0.717) is 18.0 Å². The fraction of sp³-hybridized carbons (Fsp3) is 0.571. The smallest absolute Gasteiger partial charge is 0.198 e. The molecule has 0 radical (unpaired) electrons. The topological polar surface area (TPSA) is 49.8 Å². The molecule has 0 aliphatic rings. The highest BCUT2D eigenvalue weighted by molar-refractivity contribution is 7.71. The molecule has 0 bridgehead atoms. The van der Waals surface area contributed by atoms with E-state index in [0.717, 1.165) is 0 Å². The van der Waals surface area contributed by atoms with Crippen molar-refractivity contribution < 1.29 is 0 Å². The van der Waals surface area contributed by atoms with E-state index in [9.17, 15) is 0 Å². The van der Waals surface area contributed by atoms with Gasteiger partial charge in [0.25, 0.3) is 0 Å². The van der Waals surface area contributed by atoms with Crippen molar-refractivity contribution in [1.29, 1.82) is 5.26 Å². The Labute approximate surface area is 81.8 Å². The van der Waals surface area contributed by atoms with Gasteiger partial charge in [0, 0.05) is 7.05 Å². The van der Waals surface area contributed by atoms with Crippen LogP contribution in [0.15, 0.2) is 6.33 Å². The van der Waals surface area contributed by atoms with Crippen LogP contribution in [0, 0.1) is 16.1 Å². The summed E-state index contributed by atoms with van der Waals surface area (Å²) in [6.45, 7) is 0.922. The minimum atomic E-state index is 0.373. The van der Waals surface area contributed by atoms with E-state index in [2.05, 4.69) is 11.2 Å². The number of aromatic nitrogens is 3. The average molecular weight is 197 g/mol. The predicted molar refractivity (Wildman–Crippen MR) is 50.3 cm³/mol. The lowest BCUT2D eigenvalue weighted by Crippen LogP contribution is -2.23. The van der Waals surface area contributed by atoms with Gasteiger partial charge in [-0.1, -0.05) is 0 Å². The van der Waals surface area contributed by atoms with Crippen LogP contribution >= 0.6 is 12.2 Å². The molecule has 0 unspecified atom stereocenters. The molecule has 0 aromatic carbocycles. The summed E-state index contributed by atoms with van der Waals surface area (Å²) in [6.07, 6.45) is 1.66. The summed E-state index contributed by atoms with van der Waals surface area (Å²) in [6, 6.07) is 2.06. The first-order chi connectivity index (χ1) is 6.15. The van der Waals surface area contributed by atoms with E-state index in [1.165, 1.54) is 0 Å². The van der Waals surface area contributed by atoms with Crippen LogP contribution in [0.4, 0.5) is 0 Å². The molecule has 0 saturated carbocycles. The molecular formula is C7H11N5S. The standard InChI is InChI=1S/C7H11N5S/c1-10(4-3-8)6-12-7(13)11(2)5-9-12/h5H,4,6H2,1-2H3. The van der Waals surface area contributed by atoms with E-state index in [4.69, 9.17) is 17.5 Å². The van der Waals surface area contributed by atoms with Crippen molar-refractivity contribution in [2.75, 3.05) is 13.6 Å². The highest BCUT2D eigenvalue weighted by Gasteiger charge is 2.01. The lowest BCUT2D eigenvalue weighted by Gasteiger charge is -2.11. The average Bonchev–Trinajstić information content (AvgIpc) is 2.37. The third kappa shape index (κ3) is 2.37. The molecule has 1 rings (SSSR count). The van der Waals surface area contributed by atoms with Crippen LogP contribution in [-0.4, -0.2) is 32.8 Å². The number of nitrogens with zero attached hydrogens (tertiary/aromatic N) is 5. The van der Waals surface area contributed by atoms with Crippen LogP contribution in [0.3, 0.4) is 0 Å². The molecule has 0 amide bonds. The predicted octanol–water partition coefficient (Wildman–Crippen LogP) is 0.364. The maximum atomic E-state index is 8.44. The van der Waals surface area contributed by atoms with Gasteiger partial charge in [-0.3, -0.25) is 4.90 Å². The van der Waals surface area contributed by atoms with E-state index in [1.54, 1.807) is 15.6 Å². The molecule has 1 aromatic rings. The molecule has 0 aliphatic carbocycles. The van der Waals surface area contributed by atoms with Crippen LogP contribution in [0.5, 0.6) is 0 Å². The molecule has 1 aromatic heterocycles. The third-order valence-electron chi connectivity index (χ3n) is 1.60. The molecule has 1 heterocycles. The fourth-order valence-corrected chi connectivity index (χ4v) is 1.07. The lowest BCUT2D eigenvalue weighted by molar-refractivity contribution is 0.279. The molecule has 6 heteroatoms. The van der Waals surface area contributed by atoms with Gasteiger partial charge >= 0.3 is 0 Å². The molecule has 70 valence electrons. The Bertz CT molecular complexity index is 371. The maximum absolute atomic E-state index is 8.44. The summed E-state index contributed by atoms with van der Waals surface area (Å²) in [5, 5.41) is 12.5. The van der Waals surface area contributed by atoms with Crippen LogP contribution in [0.25, 0.3) is 0 Å². The fourth-order valence-electron chi connectivity index (χ4n) is 0.917. The molecule has 5 nitrogen and oxygen atoms in total. The molecule has 0 saturated heterocycles. The second-order valence-corrected chi connectivity index (χ2v) is 3.20.